The van der Waals surface area contributed by atoms with Gasteiger partial charge >= 0.3 is 0 Å². The third-order valence-electron chi connectivity index (χ3n) is 17.2. The molecule has 0 radical (unpaired) electrons. The van der Waals surface area contributed by atoms with Crippen molar-refractivity contribution < 1.29 is 32.6 Å². The Labute approximate surface area is 504 Å². The van der Waals surface area contributed by atoms with Gasteiger partial charge in [-0.05, 0) is 183 Å². The van der Waals surface area contributed by atoms with Gasteiger partial charge in [-0.15, -0.1) is 0 Å². The van der Waals surface area contributed by atoms with Crippen LogP contribution in [0.3, 0.4) is 0 Å². The van der Waals surface area contributed by atoms with Gasteiger partial charge in [-0.1, -0.05) is 201 Å². The first-order valence-electron chi connectivity index (χ1n) is 31.5. The summed E-state index contributed by atoms with van der Waals surface area (Å²) in [5.41, 5.74) is 4.20. The van der Waals surface area contributed by atoms with E-state index in [-0.39, 0.29) is 40.1 Å². The SMILES string of the molecule is CC.COCOC(c1ccc(C)c(OC(C)C)c1)C1CCC(CCO[Si](c2ccccc2)(c2ccccc2)C(C)(C)C)CC1.Cc1ccc(C(=O)C2CCC(CCO[Si](c3ccccc3)(c3ccccc3)C(C)(C)C)CC2)cc1OC(C)C. The molecule has 9 heteroatoms. The lowest BCUT2D eigenvalue weighted by atomic mass is 9.76. The molecular weight excluding hydrogens is 1060 g/mol. The fourth-order valence-electron chi connectivity index (χ4n) is 13.0. The van der Waals surface area contributed by atoms with Crippen LogP contribution in [0.1, 0.15) is 180 Å². The van der Waals surface area contributed by atoms with E-state index in [9.17, 15) is 4.79 Å². The smallest absolute Gasteiger partial charge is 0.261 e. The predicted octanol–water partition coefficient (Wildman–Crippen LogP) is 17.0. The van der Waals surface area contributed by atoms with Crippen LogP contribution in [0.4, 0.5) is 0 Å². The lowest BCUT2D eigenvalue weighted by molar-refractivity contribution is -0.100. The summed E-state index contributed by atoms with van der Waals surface area (Å²) in [7, 11) is -3.29. The van der Waals surface area contributed by atoms with Crippen molar-refractivity contribution in [3.8, 4) is 11.5 Å². The minimum absolute atomic E-state index is 0.00541. The molecule has 0 saturated heterocycles. The molecule has 2 aliphatic carbocycles. The fraction of sp³-hybridized carbons (Fsp3) is 0.500. The van der Waals surface area contributed by atoms with Gasteiger partial charge in [-0.2, -0.15) is 0 Å². The van der Waals surface area contributed by atoms with Crippen LogP contribution in [-0.4, -0.2) is 61.7 Å². The van der Waals surface area contributed by atoms with E-state index in [1.165, 1.54) is 39.2 Å². The number of Topliss-reactive ketones (excluding diaryl/α,β-unsaturated/α-hetero) is 1. The predicted molar refractivity (Wildman–Crippen MR) is 353 cm³/mol. The minimum Gasteiger partial charge on any atom is -0.491 e. The van der Waals surface area contributed by atoms with Crippen LogP contribution >= 0.6 is 0 Å². The molecule has 6 aromatic carbocycles. The lowest BCUT2D eigenvalue weighted by Crippen LogP contribution is -2.66. The zero-order valence-corrected chi connectivity index (χ0v) is 55.6. The third-order valence-corrected chi connectivity index (χ3v) is 27.2. The van der Waals surface area contributed by atoms with Crippen LogP contribution in [0.15, 0.2) is 158 Å². The summed E-state index contributed by atoms with van der Waals surface area (Å²) in [6.07, 6.45) is 11.1. The van der Waals surface area contributed by atoms with Gasteiger partial charge in [0, 0.05) is 31.8 Å². The Kier molecular flexibility index (Phi) is 25.7. The highest BCUT2D eigenvalue weighted by Gasteiger charge is 2.51. The molecule has 0 bridgehead atoms. The lowest BCUT2D eigenvalue weighted by Gasteiger charge is -2.43. The van der Waals surface area contributed by atoms with Crippen LogP contribution in [0, 0.1) is 37.5 Å². The first kappa shape index (κ1) is 67.0. The van der Waals surface area contributed by atoms with E-state index < -0.39 is 16.6 Å². The number of carbonyl (C=O) groups is 1. The number of ether oxygens (including phenoxy) is 4. The molecule has 6 aromatic rings. The van der Waals surface area contributed by atoms with Gasteiger partial charge in [0.2, 0.25) is 0 Å². The monoisotopic (exact) mass is 1160 g/mol. The molecule has 0 aromatic heterocycles. The number of methoxy groups -OCH3 is 1. The number of aryl methyl sites for hydroxylation is 2. The normalized spacial score (nSPS) is 18.1. The number of hydrogen-bond acceptors (Lipinski definition) is 7. The van der Waals surface area contributed by atoms with Crippen molar-refractivity contribution in [2.45, 2.75) is 190 Å². The molecule has 0 heterocycles. The molecule has 0 spiro atoms. The second-order valence-electron chi connectivity index (χ2n) is 25.8. The highest BCUT2D eigenvalue weighted by atomic mass is 28.4. The van der Waals surface area contributed by atoms with Gasteiger partial charge < -0.3 is 27.8 Å². The van der Waals surface area contributed by atoms with E-state index >= 15 is 0 Å². The summed E-state index contributed by atoms with van der Waals surface area (Å²) in [4.78, 5) is 13.4. The zero-order chi connectivity index (χ0) is 60.2. The largest absolute Gasteiger partial charge is 0.491 e. The Morgan fingerprint density at radius 1 is 0.506 bits per heavy atom. The van der Waals surface area contributed by atoms with Crippen molar-refractivity contribution in [3.63, 3.8) is 0 Å². The van der Waals surface area contributed by atoms with E-state index in [0.29, 0.717) is 24.5 Å². The number of ketones is 1. The van der Waals surface area contributed by atoms with Crippen LogP contribution in [0.25, 0.3) is 0 Å². The van der Waals surface area contributed by atoms with Gasteiger partial charge in [0.1, 0.15) is 18.3 Å². The average molecular weight is 1160 g/mol. The molecule has 0 N–H and O–H groups in total. The molecule has 2 aliphatic rings. The Hall–Kier alpha value is -5.14. The summed E-state index contributed by atoms with van der Waals surface area (Å²) in [6.45, 7) is 32.2. The Balaban J connectivity index is 0.000000260. The molecular formula is C74H104O7Si2. The van der Waals surface area contributed by atoms with Crippen molar-refractivity contribution in [3.05, 3.63) is 180 Å². The van der Waals surface area contributed by atoms with Crippen LogP contribution < -0.4 is 30.2 Å². The van der Waals surface area contributed by atoms with Crippen molar-refractivity contribution in [1.29, 1.82) is 0 Å². The Morgan fingerprint density at radius 2 is 0.880 bits per heavy atom. The third kappa shape index (κ3) is 17.5. The van der Waals surface area contributed by atoms with Crippen LogP contribution in [-0.2, 0) is 18.3 Å². The van der Waals surface area contributed by atoms with Gasteiger partial charge in [0.15, 0.2) is 5.78 Å². The number of rotatable bonds is 23. The highest BCUT2D eigenvalue weighted by molar-refractivity contribution is 7.00. The molecule has 0 amide bonds. The number of hydrogen-bond donors (Lipinski definition) is 0. The second kappa shape index (κ2) is 31.8. The fourth-order valence-corrected chi connectivity index (χ4v) is 22.1. The van der Waals surface area contributed by atoms with E-state index in [2.05, 4.69) is 202 Å². The topological polar surface area (TPSA) is 72.5 Å². The molecule has 450 valence electrons. The standard InChI is InChI=1S/C37H52O4Si.C35H46O3Si.C2H6/c1-28(2)41-35-26-32(21-18-29(35)3)36(39-27-38-7)31-22-19-30(20-23-31)24-25-40-42(37(4,5)6,33-14-10-8-11-15-33)34-16-12-9-13-17-34;1-26(2)38-33-25-30(20-17-27(33)3)34(36)29-21-18-28(19-22-29)23-24-37-39(35(4,5)6,31-13-9-7-10-14-31)32-15-11-8-12-16-32;1-2/h8-18,21,26,28,30-31,36H,19-20,22-25,27H2,1-7H3;7-17,20,25-26,28-29H,18-19,21-24H2,1-6H3;1-2H3. The second-order valence-corrected chi connectivity index (χ2v) is 34.4. The zero-order valence-electron chi connectivity index (χ0n) is 53.6. The van der Waals surface area contributed by atoms with Crippen molar-refractivity contribution in [2.24, 2.45) is 23.7 Å². The summed E-state index contributed by atoms with van der Waals surface area (Å²) in [6, 6.07) is 56.2. The summed E-state index contributed by atoms with van der Waals surface area (Å²) >= 11 is 0. The van der Waals surface area contributed by atoms with Crippen LogP contribution in [0.5, 0.6) is 11.5 Å². The first-order chi connectivity index (χ1) is 39.8. The Bertz CT molecular complexity index is 2730. The van der Waals surface area contributed by atoms with Crippen LogP contribution in [0.2, 0.25) is 10.1 Å². The minimum atomic E-state index is -2.50. The van der Waals surface area contributed by atoms with Crippen molar-refractivity contribution in [2.75, 3.05) is 27.1 Å². The number of carbonyl (C=O) groups excluding carboxylic acids is 1. The van der Waals surface area contributed by atoms with Gasteiger partial charge in [-0.3, -0.25) is 4.79 Å². The average Bonchev–Trinajstić information content (AvgIpc) is 3.56. The van der Waals surface area contributed by atoms with E-state index in [1.54, 1.807) is 7.11 Å². The molecule has 83 heavy (non-hydrogen) atoms. The van der Waals surface area contributed by atoms with E-state index in [1.807, 2.05) is 52.8 Å². The molecule has 1 atom stereocenters. The quantitative estimate of drug-likeness (QED) is 0.0359. The first-order valence-corrected chi connectivity index (χ1v) is 35.3. The maximum absolute atomic E-state index is 13.4. The van der Waals surface area contributed by atoms with Gasteiger partial charge in [0.05, 0.1) is 18.3 Å². The Morgan fingerprint density at radius 3 is 1.25 bits per heavy atom. The highest BCUT2D eigenvalue weighted by Crippen LogP contribution is 2.43. The summed E-state index contributed by atoms with van der Waals surface area (Å²) in [5, 5.41) is 5.36. The molecule has 0 aliphatic heterocycles. The molecule has 2 saturated carbocycles. The summed E-state index contributed by atoms with van der Waals surface area (Å²) < 4.78 is 38.0. The van der Waals surface area contributed by atoms with Gasteiger partial charge in [0.25, 0.3) is 16.6 Å². The van der Waals surface area contributed by atoms with E-state index in [0.717, 1.165) is 92.8 Å². The van der Waals surface area contributed by atoms with Crippen molar-refractivity contribution >= 4 is 43.2 Å². The van der Waals surface area contributed by atoms with Gasteiger partial charge in [-0.25, -0.2) is 0 Å². The molecule has 2 fully saturated rings. The molecule has 1 unspecified atom stereocenters. The molecule has 8 rings (SSSR count). The summed E-state index contributed by atoms with van der Waals surface area (Å²) in [5.74, 6) is 3.88. The maximum Gasteiger partial charge on any atom is 0.261 e. The van der Waals surface area contributed by atoms with Crippen molar-refractivity contribution in [1.82, 2.24) is 0 Å². The van der Waals surface area contributed by atoms with E-state index in [4.69, 9.17) is 27.8 Å². The molecule has 7 nitrogen and oxygen atoms in total. The number of benzene rings is 6. The maximum atomic E-state index is 13.4.